The molecule has 0 saturated carbocycles. The molecule has 148 valence electrons. The van der Waals surface area contributed by atoms with Gasteiger partial charge >= 0.3 is 0 Å². The molecule has 0 aliphatic carbocycles. The molecule has 4 heteroatoms. The van der Waals surface area contributed by atoms with Gasteiger partial charge in [0.25, 0.3) is 5.91 Å². The fraction of sp³-hybridized carbons (Fsp3) is 0.200. The van der Waals surface area contributed by atoms with Gasteiger partial charge in [-0.15, -0.1) is 0 Å². The second-order valence-electron chi connectivity index (χ2n) is 7.11. The number of carbonyl (C=O) groups excluding carboxylic acids is 2. The largest absolute Gasteiger partial charge is 0.337 e. The Balaban J connectivity index is 1.53. The van der Waals surface area contributed by atoms with Crippen LogP contribution in [0.15, 0.2) is 84.9 Å². The molecule has 29 heavy (non-hydrogen) atoms. The zero-order chi connectivity index (χ0) is 20.5. The summed E-state index contributed by atoms with van der Waals surface area (Å²) in [6.07, 6.45) is 2.10. The number of rotatable bonds is 8. The van der Waals surface area contributed by atoms with Crippen molar-refractivity contribution in [3.63, 3.8) is 0 Å². The first-order chi connectivity index (χ1) is 14.1. The number of hydrogen-bond donors (Lipinski definition) is 1. The van der Waals surface area contributed by atoms with Crippen molar-refractivity contribution < 1.29 is 9.59 Å². The Morgan fingerprint density at radius 3 is 2.17 bits per heavy atom. The highest BCUT2D eigenvalue weighted by Gasteiger charge is 2.13. The van der Waals surface area contributed by atoms with Gasteiger partial charge in [0.2, 0.25) is 5.91 Å². The molecule has 0 aromatic heterocycles. The predicted octanol–water partition coefficient (Wildman–Crippen LogP) is 4.92. The van der Waals surface area contributed by atoms with E-state index in [0.717, 1.165) is 18.4 Å². The zero-order valence-corrected chi connectivity index (χ0v) is 16.7. The second-order valence-corrected chi connectivity index (χ2v) is 7.11. The number of aryl methyl sites for hydroxylation is 1. The van der Waals surface area contributed by atoms with E-state index in [1.165, 1.54) is 5.56 Å². The summed E-state index contributed by atoms with van der Waals surface area (Å²) in [6.45, 7) is 0.537. The van der Waals surface area contributed by atoms with E-state index >= 15 is 0 Å². The molecule has 2 amide bonds. The molecule has 0 fully saturated rings. The van der Waals surface area contributed by atoms with E-state index in [1.807, 2.05) is 54.6 Å². The first-order valence-corrected chi connectivity index (χ1v) is 9.85. The lowest BCUT2D eigenvalue weighted by Gasteiger charge is -2.18. The summed E-state index contributed by atoms with van der Waals surface area (Å²) in [5.74, 6) is -0.114. The topological polar surface area (TPSA) is 49.4 Å². The molecule has 0 aliphatic heterocycles. The van der Waals surface area contributed by atoms with Crippen LogP contribution in [0, 0.1) is 0 Å². The Morgan fingerprint density at radius 1 is 0.828 bits per heavy atom. The number of benzene rings is 3. The van der Waals surface area contributed by atoms with Crippen molar-refractivity contribution >= 4 is 17.5 Å². The van der Waals surface area contributed by atoms with Crippen LogP contribution in [0.2, 0.25) is 0 Å². The van der Waals surface area contributed by atoms with Crippen LogP contribution in [0.25, 0.3) is 0 Å². The summed E-state index contributed by atoms with van der Waals surface area (Å²) in [5.41, 5.74) is 3.51. The van der Waals surface area contributed by atoms with Crippen molar-refractivity contribution in [3.8, 4) is 0 Å². The summed E-state index contributed by atoms with van der Waals surface area (Å²) in [4.78, 5) is 26.7. The molecule has 0 atom stereocenters. The van der Waals surface area contributed by atoms with Crippen LogP contribution >= 0.6 is 0 Å². The van der Waals surface area contributed by atoms with Crippen LogP contribution < -0.4 is 5.32 Å². The Kier molecular flexibility index (Phi) is 7.17. The Morgan fingerprint density at radius 2 is 1.48 bits per heavy atom. The number of anilines is 1. The summed E-state index contributed by atoms with van der Waals surface area (Å²) >= 11 is 0. The Bertz CT molecular complexity index is 939. The highest BCUT2D eigenvalue weighted by molar-refractivity contribution is 5.97. The van der Waals surface area contributed by atoms with Gasteiger partial charge in [0, 0.05) is 31.3 Å². The van der Waals surface area contributed by atoms with Crippen LogP contribution in [0.4, 0.5) is 5.69 Å². The standard InChI is InChI=1S/C25H26N2O2/c1-27(19-21-12-6-3-7-13-21)25(29)22-15-9-16-23(18-22)26-24(28)17-8-14-20-10-4-2-5-11-20/h2-7,9-13,15-16,18H,8,14,17,19H2,1H3,(H,26,28). The van der Waals surface area contributed by atoms with Crippen LogP contribution in [0.5, 0.6) is 0 Å². The molecule has 3 rings (SSSR count). The van der Waals surface area contributed by atoms with Gasteiger partial charge in [0.05, 0.1) is 0 Å². The molecule has 1 N–H and O–H groups in total. The quantitative estimate of drug-likeness (QED) is 0.597. The van der Waals surface area contributed by atoms with Gasteiger partial charge in [-0.2, -0.15) is 0 Å². The van der Waals surface area contributed by atoms with E-state index in [9.17, 15) is 9.59 Å². The van der Waals surface area contributed by atoms with Gasteiger partial charge in [0.1, 0.15) is 0 Å². The number of amides is 2. The molecule has 0 bridgehead atoms. The smallest absolute Gasteiger partial charge is 0.253 e. The monoisotopic (exact) mass is 386 g/mol. The van der Waals surface area contributed by atoms with Crippen molar-refractivity contribution in [3.05, 3.63) is 102 Å². The van der Waals surface area contributed by atoms with E-state index in [-0.39, 0.29) is 11.8 Å². The van der Waals surface area contributed by atoms with E-state index < -0.39 is 0 Å². The SMILES string of the molecule is CN(Cc1ccccc1)C(=O)c1cccc(NC(=O)CCCc2ccccc2)c1. The van der Waals surface area contributed by atoms with Gasteiger partial charge in [0.15, 0.2) is 0 Å². The third-order valence-corrected chi connectivity index (χ3v) is 4.71. The molecular weight excluding hydrogens is 360 g/mol. The number of carbonyl (C=O) groups is 2. The Hall–Kier alpha value is -3.40. The lowest BCUT2D eigenvalue weighted by atomic mass is 10.1. The van der Waals surface area contributed by atoms with Crippen molar-refractivity contribution in [1.29, 1.82) is 0 Å². The van der Waals surface area contributed by atoms with Gasteiger partial charge in [-0.3, -0.25) is 9.59 Å². The predicted molar refractivity (Wildman–Crippen MR) is 117 cm³/mol. The molecule has 4 nitrogen and oxygen atoms in total. The van der Waals surface area contributed by atoms with Crippen LogP contribution in [-0.2, 0) is 17.8 Å². The van der Waals surface area contributed by atoms with E-state index in [0.29, 0.717) is 24.2 Å². The molecule has 3 aromatic carbocycles. The summed E-state index contributed by atoms with van der Waals surface area (Å²) < 4.78 is 0. The lowest BCUT2D eigenvalue weighted by molar-refractivity contribution is -0.116. The second kappa shape index (κ2) is 10.2. The third-order valence-electron chi connectivity index (χ3n) is 4.71. The number of nitrogens with one attached hydrogen (secondary N) is 1. The minimum absolute atomic E-state index is 0.0387. The molecule has 0 radical (unpaired) electrons. The average molecular weight is 386 g/mol. The molecule has 3 aromatic rings. The molecule has 0 unspecified atom stereocenters. The van der Waals surface area contributed by atoms with Crippen molar-refractivity contribution in [2.24, 2.45) is 0 Å². The maximum atomic E-state index is 12.7. The molecule has 0 heterocycles. The molecular formula is C25H26N2O2. The number of nitrogens with zero attached hydrogens (tertiary/aromatic N) is 1. The van der Waals surface area contributed by atoms with E-state index in [2.05, 4.69) is 17.4 Å². The number of hydrogen-bond acceptors (Lipinski definition) is 2. The Labute approximate surface area is 172 Å². The first kappa shape index (κ1) is 20.3. The molecule has 0 saturated heterocycles. The first-order valence-electron chi connectivity index (χ1n) is 9.85. The van der Waals surface area contributed by atoms with Crippen molar-refractivity contribution in [2.75, 3.05) is 12.4 Å². The maximum absolute atomic E-state index is 12.7. The minimum Gasteiger partial charge on any atom is -0.337 e. The van der Waals surface area contributed by atoms with Crippen LogP contribution in [0.3, 0.4) is 0 Å². The summed E-state index contributed by atoms with van der Waals surface area (Å²) in [5, 5.41) is 2.90. The minimum atomic E-state index is -0.0750. The highest BCUT2D eigenvalue weighted by atomic mass is 16.2. The lowest BCUT2D eigenvalue weighted by Crippen LogP contribution is -2.26. The third kappa shape index (κ3) is 6.32. The fourth-order valence-electron chi connectivity index (χ4n) is 3.20. The van der Waals surface area contributed by atoms with Crippen molar-refractivity contribution in [2.45, 2.75) is 25.8 Å². The van der Waals surface area contributed by atoms with Gasteiger partial charge < -0.3 is 10.2 Å². The van der Waals surface area contributed by atoms with Gasteiger partial charge in [-0.25, -0.2) is 0 Å². The highest BCUT2D eigenvalue weighted by Crippen LogP contribution is 2.15. The van der Waals surface area contributed by atoms with Crippen molar-refractivity contribution in [1.82, 2.24) is 4.90 Å². The van der Waals surface area contributed by atoms with E-state index in [1.54, 1.807) is 30.1 Å². The van der Waals surface area contributed by atoms with Crippen LogP contribution in [0.1, 0.15) is 34.3 Å². The van der Waals surface area contributed by atoms with Gasteiger partial charge in [-0.1, -0.05) is 66.7 Å². The molecule has 0 aliphatic rings. The van der Waals surface area contributed by atoms with E-state index in [4.69, 9.17) is 0 Å². The van der Waals surface area contributed by atoms with Crippen LogP contribution in [-0.4, -0.2) is 23.8 Å². The zero-order valence-electron chi connectivity index (χ0n) is 16.7. The fourth-order valence-corrected chi connectivity index (χ4v) is 3.20. The maximum Gasteiger partial charge on any atom is 0.253 e. The average Bonchev–Trinajstić information content (AvgIpc) is 2.75. The molecule has 0 spiro atoms. The van der Waals surface area contributed by atoms with Gasteiger partial charge in [-0.05, 0) is 42.2 Å². The summed E-state index contributed by atoms with van der Waals surface area (Å²) in [7, 11) is 1.78. The summed E-state index contributed by atoms with van der Waals surface area (Å²) in [6, 6.07) is 27.1. The normalized spacial score (nSPS) is 10.4.